The highest BCUT2D eigenvalue weighted by Gasteiger charge is 2.15. The normalized spacial score (nSPS) is 15.2. The molecular weight excluding hydrogens is 316 g/mol. The van der Waals surface area contributed by atoms with E-state index in [0.29, 0.717) is 11.4 Å². The molecule has 21 heavy (non-hydrogen) atoms. The van der Waals surface area contributed by atoms with Crippen molar-refractivity contribution in [3.63, 3.8) is 0 Å². The Labute approximate surface area is 133 Å². The van der Waals surface area contributed by atoms with Crippen LogP contribution < -0.4 is 10.6 Å². The zero-order valence-corrected chi connectivity index (χ0v) is 13.2. The Morgan fingerprint density at radius 3 is 2.76 bits per heavy atom. The maximum atomic E-state index is 11.8. The molecule has 0 saturated carbocycles. The monoisotopic (exact) mass is 334 g/mol. The molecule has 2 N–H and O–H groups in total. The van der Waals surface area contributed by atoms with Crippen molar-refractivity contribution in [2.75, 3.05) is 39.3 Å². The van der Waals surface area contributed by atoms with Crippen LogP contribution in [0.1, 0.15) is 16.1 Å². The summed E-state index contributed by atoms with van der Waals surface area (Å²) in [6.07, 6.45) is 0.888. The Morgan fingerprint density at radius 2 is 2.14 bits per heavy atom. The van der Waals surface area contributed by atoms with Gasteiger partial charge in [-0.25, -0.2) is 0 Å². The van der Waals surface area contributed by atoms with Crippen molar-refractivity contribution >= 4 is 34.7 Å². The van der Waals surface area contributed by atoms with Gasteiger partial charge in [0.1, 0.15) is 0 Å². The molecule has 2 rings (SSSR count). The molecule has 1 saturated heterocycles. The Kier molecular flexibility index (Phi) is 7.58. The van der Waals surface area contributed by atoms with Crippen LogP contribution in [0.4, 0.5) is 5.00 Å². The molecule has 1 aliphatic heterocycles. The minimum Gasteiger partial charge on any atom is -0.351 e. The molecule has 1 aliphatic rings. The molecule has 0 unspecified atom stereocenters. The third-order valence-electron chi connectivity index (χ3n) is 3.14. The molecule has 1 aromatic heterocycles. The molecule has 0 bridgehead atoms. The highest BCUT2D eigenvalue weighted by Crippen LogP contribution is 2.23. The van der Waals surface area contributed by atoms with Crippen LogP contribution in [0.2, 0.25) is 0 Å². The van der Waals surface area contributed by atoms with Gasteiger partial charge in [0.25, 0.3) is 5.91 Å². The summed E-state index contributed by atoms with van der Waals surface area (Å²) in [4.78, 5) is 24.6. The summed E-state index contributed by atoms with van der Waals surface area (Å²) in [7, 11) is 0. The summed E-state index contributed by atoms with van der Waals surface area (Å²) in [6.45, 7) is 5.69. The standard InChI is InChI=1S/C12H18N4O3S.ClH/c17-12(10-2-3-11(20-10)16(18)19)14-4-1-7-15-8-5-13-6-9-15;/h2-3,13H,1,4-9H2,(H,14,17);1H. The number of hydrogen-bond acceptors (Lipinski definition) is 6. The Balaban J connectivity index is 0.00000220. The third-order valence-corrected chi connectivity index (χ3v) is 4.18. The maximum absolute atomic E-state index is 11.8. The van der Waals surface area contributed by atoms with E-state index < -0.39 is 4.92 Å². The average molecular weight is 335 g/mol. The lowest BCUT2D eigenvalue weighted by Gasteiger charge is -2.26. The second kappa shape index (κ2) is 8.93. The highest BCUT2D eigenvalue weighted by atomic mass is 35.5. The molecule has 1 fully saturated rings. The van der Waals surface area contributed by atoms with Gasteiger partial charge in [-0.2, -0.15) is 0 Å². The number of hydrogen-bond donors (Lipinski definition) is 2. The lowest BCUT2D eigenvalue weighted by molar-refractivity contribution is -0.380. The summed E-state index contributed by atoms with van der Waals surface area (Å²) < 4.78 is 0. The fourth-order valence-electron chi connectivity index (χ4n) is 2.07. The number of nitro groups is 1. The van der Waals surface area contributed by atoms with E-state index in [-0.39, 0.29) is 23.3 Å². The fraction of sp³-hybridized carbons (Fsp3) is 0.583. The maximum Gasteiger partial charge on any atom is 0.324 e. The van der Waals surface area contributed by atoms with Crippen molar-refractivity contribution in [2.45, 2.75) is 6.42 Å². The van der Waals surface area contributed by atoms with E-state index in [9.17, 15) is 14.9 Å². The van der Waals surface area contributed by atoms with Crippen molar-refractivity contribution in [3.8, 4) is 0 Å². The number of nitrogens with zero attached hydrogens (tertiary/aromatic N) is 2. The summed E-state index contributed by atoms with van der Waals surface area (Å²) in [5, 5.41) is 16.6. The Bertz CT molecular complexity index is 477. The van der Waals surface area contributed by atoms with Gasteiger partial charge >= 0.3 is 5.00 Å². The van der Waals surface area contributed by atoms with Crippen LogP contribution in [0.15, 0.2) is 12.1 Å². The average Bonchev–Trinajstić information content (AvgIpc) is 2.94. The lowest BCUT2D eigenvalue weighted by Crippen LogP contribution is -2.44. The van der Waals surface area contributed by atoms with Crippen LogP contribution in [0.25, 0.3) is 0 Å². The van der Waals surface area contributed by atoms with Crippen LogP contribution in [0.3, 0.4) is 0 Å². The van der Waals surface area contributed by atoms with E-state index >= 15 is 0 Å². The van der Waals surface area contributed by atoms with Crippen LogP contribution >= 0.6 is 23.7 Å². The lowest BCUT2D eigenvalue weighted by atomic mass is 10.3. The Morgan fingerprint density at radius 1 is 1.43 bits per heavy atom. The highest BCUT2D eigenvalue weighted by molar-refractivity contribution is 7.17. The molecule has 0 radical (unpaired) electrons. The zero-order chi connectivity index (χ0) is 14.4. The number of piperazine rings is 1. The van der Waals surface area contributed by atoms with Crippen molar-refractivity contribution in [1.82, 2.24) is 15.5 Å². The molecule has 118 valence electrons. The number of halogens is 1. The number of rotatable bonds is 6. The molecule has 9 heteroatoms. The van der Waals surface area contributed by atoms with Crippen LogP contribution in [-0.4, -0.2) is 55.0 Å². The number of carbonyl (C=O) groups is 1. The second-order valence-corrected chi connectivity index (χ2v) is 5.66. The minimum atomic E-state index is -0.480. The van der Waals surface area contributed by atoms with Gasteiger partial charge in [0.2, 0.25) is 0 Å². The van der Waals surface area contributed by atoms with Gasteiger partial charge in [-0.05, 0) is 19.0 Å². The number of amides is 1. The first-order valence-corrected chi connectivity index (χ1v) is 7.44. The fourth-order valence-corrected chi connectivity index (χ4v) is 2.81. The second-order valence-electron chi connectivity index (χ2n) is 4.60. The molecule has 0 atom stereocenters. The van der Waals surface area contributed by atoms with Gasteiger partial charge in [-0.15, -0.1) is 12.4 Å². The summed E-state index contributed by atoms with van der Waals surface area (Å²) in [5.74, 6) is -0.233. The first kappa shape index (κ1) is 17.8. The van der Waals surface area contributed by atoms with Crippen molar-refractivity contribution in [1.29, 1.82) is 0 Å². The Hall–Kier alpha value is -1.22. The summed E-state index contributed by atoms with van der Waals surface area (Å²) in [6, 6.07) is 2.86. The third kappa shape index (κ3) is 5.58. The largest absolute Gasteiger partial charge is 0.351 e. The SMILES string of the molecule is Cl.O=C(NCCCN1CCNCC1)c1ccc([N+](=O)[O-])s1. The number of carbonyl (C=O) groups excluding carboxylic acids is 1. The zero-order valence-electron chi connectivity index (χ0n) is 11.5. The first-order valence-electron chi connectivity index (χ1n) is 6.62. The predicted molar refractivity (Wildman–Crippen MR) is 84.5 cm³/mol. The smallest absolute Gasteiger partial charge is 0.324 e. The summed E-state index contributed by atoms with van der Waals surface area (Å²) >= 11 is 0.905. The van der Waals surface area contributed by atoms with Crippen molar-refractivity contribution in [2.24, 2.45) is 0 Å². The van der Waals surface area contributed by atoms with Crippen LogP contribution in [-0.2, 0) is 0 Å². The molecule has 0 aliphatic carbocycles. The minimum absolute atomic E-state index is 0. The van der Waals surface area contributed by atoms with Crippen molar-refractivity contribution < 1.29 is 9.72 Å². The van der Waals surface area contributed by atoms with E-state index in [1.807, 2.05) is 0 Å². The van der Waals surface area contributed by atoms with Crippen LogP contribution in [0.5, 0.6) is 0 Å². The van der Waals surface area contributed by atoms with Gasteiger partial charge in [0.15, 0.2) is 0 Å². The van der Waals surface area contributed by atoms with E-state index in [2.05, 4.69) is 15.5 Å². The number of thiophene rings is 1. The van der Waals surface area contributed by atoms with E-state index in [1.165, 1.54) is 12.1 Å². The van der Waals surface area contributed by atoms with E-state index in [4.69, 9.17) is 0 Å². The van der Waals surface area contributed by atoms with Gasteiger partial charge < -0.3 is 15.5 Å². The molecule has 1 amide bonds. The molecule has 7 nitrogen and oxygen atoms in total. The predicted octanol–water partition coefficient (Wildman–Crippen LogP) is 1.10. The first-order chi connectivity index (χ1) is 9.66. The topological polar surface area (TPSA) is 87.5 Å². The van der Waals surface area contributed by atoms with Gasteiger partial charge in [0.05, 0.1) is 9.80 Å². The molecule has 1 aromatic rings. The van der Waals surface area contributed by atoms with Crippen molar-refractivity contribution in [3.05, 3.63) is 27.1 Å². The van der Waals surface area contributed by atoms with Gasteiger partial charge in [-0.3, -0.25) is 14.9 Å². The molecular formula is C12H19ClN4O3S. The van der Waals surface area contributed by atoms with Gasteiger partial charge in [0, 0.05) is 38.8 Å². The number of nitrogens with one attached hydrogen (secondary N) is 2. The van der Waals surface area contributed by atoms with Crippen LogP contribution in [0, 0.1) is 10.1 Å². The summed E-state index contributed by atoms with van der Waals surface area (Å²) in [5.41, 5.74) is 0. The van der Waals surface area contributed by atoms with E-state index in [1.54, 1.807) is 0 Å². The molecule has 2 heterocycles. The molecule has 0 spiro atoms. The quantitative estimate of drug-likeness (QED) is 0.462. The molecule has 0 aromatic carbocycles. The van der Waals surface area contributed by atoms with Gasteiger partial charge in [-0.1, -0.05) is 11.3 Å². The van der Waals surface area contributed by atoms with E-state index in [0.717, 1.165) is 50.5 Å².